The van der Waals surface area contributed by atoms with Crippen LogP contribution in [0.25, 0.3) is 0 Å². The van der Waals surface area contributed by atoms with Gasteiger partial charge in [0.25, 0.3) is 5.91 Å². The van der Waals surface area contributed by atoms with Crippen molar-refractivity contribution in [3.05, 3.63) is 29.5 Å². The molecule has 2 heterocycles. The van der Waals surface area contributed by atoms with Crippen molar-refractivity contribution in [2.45, 2.75) is 70.8 Å². The molecule has 1 saturated heterocycles. The zero-order valence-electron chi connectivity index (χ0n) is 15.3. The van der Waals surface area contributed by atoms with E-state index in [1.165, 1.54) is 32.1 Å². The molecule has 136 valence electrons. The van der Waals surface area contributed by atoms with Gasteiger partial charge in [0.2, 0.25) is 0 Å². The molecule has 1 atom stereocenters. The Morgan fingerprint density at radius 3 is 2.88 bits per heavy atom. The Labute approximate surface area is 150 Å². The van der Waals surface area contributed by atoms with Crippen LogP contribution >= 0.6 is 0 Å². The quantitative estimate of drug-likeness (QED) is 0.788. The van der Waals surface area contributed by atoms with Crippen LogP contribution in [0.1, 0.15) is 75.2 Å². The molecule has 5 heteroatoms. The van der Waals surface area contributed by atoms with Crippen molar-refractivity contribution in [2.75, 3.05) is 18.4 Å². The van der Waals surface area contributed by atoms with E-state index in [0.717, 1.165) is 44.6 Å². The number of allylic oxidation sites excluding steroid dienone is 1. The lowest BCUT2D eigenvalue weighted by molar-refractivity contribution is 0.0601. The molecule has 5 nitrogen and oxygen atoms in total. The second-order valence-electron chi connectivity index (χ2n) is 7.15. The molecule has 1 N–H and O–H groups in total. The maximum Gasteiger partial charge on any atom is 0.274 e. The summed E-state index contributed by atoms with van der Waals surface area (Å²) >= 11 is 0. The summed E-state index contributed by atoms with van der Waals surface area (Å²) in [6.45, 7) is 3.86. The van der Waals surface area contributed by atoms with Gasteiger partial charge in [-0.15, -0.1) is 10.2 Å². The van der Waals surface area contributed by atoms with Gasteiger partial charge in [-0.25, -0.2) is 0 Å². The molecule has 0 saturated carbocycles. The summed E-state index contributed by atoms with van der Waals surface area (Å²) in [6.07, 6.45) is 13.0. The van der Waals surface area contributed by atoms with Crippen LogP contribution in [0.5, 0.6) is 0 Å². The number of hydrogen-bond donors (Lipinski definition) is 1. The number of carbonyl (C=O) groups is 1. The molecular weight excluding hydrogens is 312 g/mol. The van der Waals surface area contributed by atoms with E-state index in [9.17, 15) is 4.79 Å². The predicted octanol–water partition coefficient (Wildman–Crippen LogP) is 4.18. The first-order valence-electron chi connectivity index (χ1n) is 9.84. The molecule has 1 fully saturated rings. The molecule has 0 spiro atoms. The number of piperidine rings is 1. The molecule has 1 unspecified atom stereocenters. The highest BCUT2D eigenvalue weighted by Gasteiger charge is 2.27. The van der Waals surface area contributed by atoms with Gasteiger partial charge in [0.05, 0.1) is 0 Å². The number of amides is 1. The van der Waals surface area contributed by atoms with Crippen molar-refractivity contribution in [2.24, 2.45) is 0 Å². The average Bonchev–Trinajstić information content (AvgIpc) is 2.69. The van der Waals surface area contributed by atoms with Crippen LogP contribution in [0.3, 0.4) is 0 Å². The maximum absolute atomic E-state index is 12.7. The van der Waals surface area contributed by atoms with Crippen LogP contribution in [-0.4, -0.2) is 40.1 Å². The van der Waals surface area contributed by atoms with Crippen LogP contribution in [0, 0.1) is 0 Å². The molecule has 1 aliphatic heterocycles. The molecule has 1 aromatic rings. The Hall–Kier alpha value is -1.91. The molecule has 1 amide bonds. The summed E-state index contributed by atoms with van der Waals surface area (Å²) in [5.41, 5.74) is 2.01. The Kier molecular flexibility index (Phi) is 6.42. The standard InChI is InChI=1S/C20H30N4O/c1-2-17-10-6-7-15-24(17)20(25)18-11-12-19(23-22-18)21-14-13-16-8-4-3-5-9-16/h8,11-12,17H,2-7,9-10,13-15H2,1H3,(H,21,23). The monoisotopic (exact) mass is 342 g/mol. The predicted molar refractivity (Wildman–Crippen MR) is 101 cm³/mol. The summed E-state index contributed by atoms with van der Waals surface area (Å²) in [5, 5.41) is 11.7. The Bertz CT molecular complexity index is 596. The second-order valence-corrected chi connectivity index (χ2v) is 7.15. The number of nitrogens with one attached hydrogen (secondary N) is 1. The smallest absolute Gasteiger partial charge is 0.274 e. The van der Waals surface area contributed by atoms with E-state index < -0.39 is 0 Å². The molecule has 1 aliphatic carbocycles. The minimum Gasteiger partial charge on any atom is -0.368 e. The molecule has 2 aliphatic rings. The van der Waals surface area contributed by atoms with E-state index in [1.807, 2.05) is 11.0 Å². The largest absolute Gasteiger partial charge is 0.368 e. The third-order valence-corrected chi connectivity index (χ3v) is 5.38. The van der Waals surface area contributed by atoms with Gasteiger partial charge in [0.15, 0.2) is 5.69 Å². The normalized spacial score (nSPS) is 20.9. The maximum atomic E-state index is 12.7. The number of aromatic nitrogens is 2. The first-order chi connectivity index (χ1) is 12.3. The number of hydrogen-bond acceptors (Lipinski definition) is 4. The molecule has 3 rings (SSSR count). The van der Waals surface area contributed by atoms with Crippen molar-refractivity contribution in [1.82, 2.24) is 15.1 Å². The average molecular weight is 342 g/mol. The summed E-state index contributed by atoms with van der Waals surface area (Å²) in [4.78, 5) is 14.7. The Balaban J connectivity index is 1.52. The van der Waals surface area contributed by atoms with E-state index in [1.54, 1.807) is 11.6 Å². The van der Waals surface area contributed by atoms with Crippen molar-refractivity contribution in [3.63, 3.8) is 0 Å². The molecule has 0 aromatic carbocycles. The lowest BCUT2D eigenvalue weighted by Crippen LogP contribution is -2.43. The number of likely N-dealkylation sites (tertiary alicyclic amines) is 1. The third kappa shape index (κ3) is 4.80. The van der Waals surface area contributed by atoms with Crippen LogP contribution in [0.4, 0.5) is 5.82 Å². The number of rotatable bonds is 6. The molecular formula is C20H30N4O. The molecule has 0 radical (unpaired) electrons. The van der Waals surface area contributed by atoms with Crippen molar-refractivity contribution < 1.29 is 4.79 Å². The van der Waals surface area contributed by atoms with Crippen molar-refractivity contribution in [3.8, 4) is 0 Å². The summed E-state index contributed by atoms with van der Waals surface area (Å²) in [7, 11) is 0. The van der Waals surface area contributed by atoms with Crippen molar-refractivity contribution in [1.29, 1.82) is 0 Å². The van der Waals surface area contributed by atoms with Crippen LogP contribution < -0.4 is 5.32 Å². The summed E-state index contributed by atoms with van der Waals surface area (Å²) in [6, 6.07) is 4.03. The van der Waals surface area contributed by atoms with Crippen LogP contribution in [-0.2, 0) is 0 Å². The van der Waals surface area contributed by atoms with Gasteiger partial charge in [-0.2, -0.15) is 0 Å². The number of anilines is 1. The zero-order valence-corrected chi connectivity index (χ0v) is 15.3. The van der Waals surface area contributed by atoms with E-state index in [4.69, 9.17) is 0 Å². The summed E-state index contributed by atoms with van der Waals surface area (Å²) < 4.78 is 0. The lowest BCUT2D eigenvalue weighted by Gasteiger charge is -2.34. The fourth-order valence-electron chi connectivity index (χ4n) is 3.86. The lowest BCUT2D eigenvalue weighted by atomic mass is 9.97. The summed E-state index contributed by atoms with van der Waals surface area (Å²) in [5.74, 6) is 0.775. The topological polar surface area (TPSA) is 58.1 Å². The minimum absolute atomic E-state index is 0.0259. The third-order valence-electron chi connectivity index (χ3n) is 5.38. The van der Waals surface area contributed by atoms with Gasteiger partial charge >= 0.3 is 0 Å². The second kappa shape index (κ2) is 8.97. The van der Waals surface area contributed by atoms with Gasteiger partial charge in [-0.05, 0) is 69.9 Å². The van der Waals surface area contributed by atoms with Crippen molar-refractivity contribution >= 4 is 11.7 Å². The Morgan fingerprint density at radius 2 is 2.16 bits per heavy atom. The van der Waals surface area contributed by atoms with Gasteiger partial charge in [-0.3, -0.25) is 4.79 Å². The van der Waals surface area contributed by atoms with Gasteiger partial charge in [-0.1, -0.05) is 18.6 Å². The first kappa shape index (κ1) is 17.9. The highest BCUT2D eigenvalue weighted by molar-refractivity contribution is 5.92. The fraction of sp³-hybridized carbons (Fsp3) is 0.650. The van der Waals surface area contributed by atoms with Crippen LogP contribution in [0.15, 0.2) is 23.8 Å². The van der Waals surface area contributed by atoms with E-state index in [-0.39, 0.29) is 5.91 Å². The highest BCUT2D eigenvalue weighted by atomic mass is 16.2. The van der Waals surface area contributed by atoms with Crippen LogP contribution in [0.2, 0.25) is 0 Å². The fourth-order valence-corrected chi connectivity index (χ4v) is 3.86. The van der Waals surface area contributed by atoms with Gasteiger partial charge in [0.1, 0.15) is 5.82 Å². The van der Waals surface area contributed by atoms with Gasteiger partial charge < -0.3 is 10.2 Å². The number of carbonyl (C=O) groups excluding carboxylic acids is 1. The SMILES string of the molecule is CCC1CCCCN1C(=O)c1ccc(NCCC2=CCCCC2)nn1. The first-order valence-corrected chi connectivity index (χ1v) is 9.84. The molecule has 25 heavy (non-hydrogen) atoms. The van der Waals surface area contributed by atoms with E-state index in [2.05, 4.69) is 28.5 Å². The minimum atomic E-state index is 0.0259. The molecule has 0 bridgehead atoms. The Morgan fingerprint density at radius 1 is 1.24 bits per heavy atom. The van der Waals surface area contributed by atoms with Gasteiger partial charge in [0, 0.05) is 19.1 Å². The molecule has 1 aromatic heterocycles. The van der Waals surface area contributed by atoms with E-state index in [0.29, 0.717) is 11.7 Å². The highest BCUT2D eigenvalue weighted by Crippen LogP contribution is 2.22. The zero-order chi connectivity index (χ0) is 17.5. The van der Waals surface area contributed by atoms with E-state index >= 15 is 0 Å². The number of nitrogens with zero attached hydrogens (tertiary/aromatic N) is 3.